The number of fused-ring (bicyclic) bond motifs is 1. The molecule has 1 aliphatic carbocycles. The van der Waals surface area contributed by atoms with Crippen molar-refractivity contribution < 1.29 is 0 Å². The van der Waals surface area contributed by atoms with Gasteiger partial charge >= 0.3 is 0 Å². The Morgan fingerprint density at radius 2 is 0.906 bits per heavy atom. The molecule has 1 heteroatoms. The predicted octanol–water partition coefficient (Wildman–Crippen LogP) is 13.8. The second-order valence-electron chi connectivity index (χ2n) is 15.0. The summed E-state index contributed by atoms with van der Waals surface area (Å²) in [6.07, 6.45) is 6.89. The van der Waals surface area contributed by atoms with Crippen LogP contribution in [-0.2, 0) is 12.8 Å². The smallest absolute Gasteiger partial charge is 0.0408 e. The maximum absolute atomic E-state index is 2.33. The van der Waals surface area contributed by atoms with Crippen LogP contribution in [-0.4, -0.2) is 7.05 Å². The zero-order valence-electron chi connectivity index (χ0n) is 31.3. The maximum atomic E-state index is 2.33. The van der Waals surface area contributed by atoms with E-state index in [0.29, 0.717) is 11.8 Å². The highest BCUT2D eigenvalue weighted by atomic mass is 15.1. The van der Waals surface area contributed by atoms with Crippen molar-refractivity contribution in [2.24, 2.45) is 5.92 Å². The average molecular weight is 686 g/mol. The molecule has 0 bridgehead atoms. The van der Waals surface area contributed by atoms with Crippen molar-refractivity contribution >= 4 is 23.5 Å². The normalized spacial score (nSPS) is 12.8. The van der Waals surface area contributed by atoms with Gasteiger partial charge in [0.15, 0.2) is 0 Å². The van der Waals surface area contributed by atoms with E-state index in [1.165, 1.54) is 85.2 Å². The topological polar surface area (TPSA) is 3.24 Å². The first-order valence-electron chi connectivity index (χ1n) is 19.0. The predicted molar refractivity (Wildman–Crippen MR) is 228 cm³/mol. The molecule has 0 heterocycles. The van der Waals surface area contributed by atoms with Gasteiger partial charge in [-0.3, -0.25) is 0 Å². The number of aryl methyl sites for hydroxylation is 3. The Labute approximate surface area is 315 Å². The molecule has 260 valence electrons. The lowest BCUT2D eigenvalue weighted by molar-refractivity contribution is 0.564. The molecule has 0 saturated carbocycles. The monoisotopic (exact) mass is 685 g/mol. The summed E-state index contributed by atoms with van der Waals surface area (Å²) in [5, 5.41) is 0. The Balaban J connectivity index is 0.924. The Hall–Kier alpha value is -5.92. The first kappa shape index (κ1) is 34.2. The zero-order chi connectivity index (χ0) is 36.3. The quantitative estimate of drug-likeness (QED) is 0.130. The third-order valence-electron chi connectivity index (χ3n) is 11.0. The van der Waals surface area contributed by atoms with Crippen molar-refractivity contribution in [3.8, 4) is 33.4 Å². The van der Waals surface area contributed by atoms with Gasteiger partial charge in [-0.15, -0.1) is 0 Å². The molecule has 1 atom stereocenters. The van der Waals surface area contributed by atoms with E-state index in [1.54, 1.807) is 0 Å². The number of rotatable bonds is 10. The van der Waals surface area contributed by atoms with E-state index < -0.39 is 0 Å². The van der Waals surface area contributed by atoms with Gasteiger partial charge in [-0.05, 0) is 123 Å². The van der Waals surface area contributed by atoms with E-state index in [1.807, 2.05) is 0 Å². The second kappa shape index (κ2) is 15.0. The summed E-state index contributed by atoms with van der Waals surface area (Å²) in [5.74, 6) is 0.827. The molecule has 1 aliphatic rings. The van der Waals surface area contributed by atoms with Gasteiger partial charge in [0, 0.05) is 24.3 Å². The molecule has 7 aromatic rings. The summed E-state index contributed by atoms with van der Waals surface area (Å²) < 4.78 is 0. The maximum Gasteiger partial charge on any atom is 0.0408 e. The van der Waals surface area contributed by atoms with Crippen molar-refractivity contribution in [3.63, 3.8) is 0 Å². The van der Waals surface area contributed by atoms with Crippen LogP contribution in [0.5, 0.6) is 0 Å². The van der Waals surface area contributed by atoms with Crippen LogP contribution in [0, 0.1) is 12.8 Å². The van der Waals surface area contributed by atoms with Crippen LogP contribution in [0.1, 0.15) is 58.7 Å². The van der Waals surface area contributed by atoms with Gasteiger partial charge in [0.25, 0.3) is 0 Å². The Kier molecular flexibility index (Phi) is 9.66. The number of anilines is 2. The molecule has 7 aromatic carbocycles. The molecule has 8 rings (SSSR count). The molecular formula is C52H47N. The number of hydrogen-bond donors (Lipinski definition) is 0. The number of hydrogen-bond acceptors (Lipinski definition) is 1. The van der Waals surface area contributed by atoms with Gasteiger partial charge in [-0.1, -0.05) is 165 Å². The lowest BCUT2D eigenvalue weighted by atomic mass is 9.81. The molecule has 0 spiro atoms. The molecule has 0 N–H and O–H groups in total. The lowest BCUT2D eigenvalue weighted by Gasteiger charge is -2.23. The van der Waals surface area contributed by atoms with Gasteiger partial charge in [-0.2, -0.15) is 0 Å². The standard InChI is InChI=1S/C52H47N/c1-36(2)52(46-21-16-41(17-22-46)40-13-8-37(3)9-14-40)47-23-18-42(19-24-47)43-26-30-50(31-27-43)53(4)51-32-28-45(29-33-51)48-7-5-6-38(34-48)10-11-39-12-15-44-20-25-49(44)35-39/h5-19,21-24,26-36,52H,20,25H2,1-4H3/b11-10+. The van der Waals surface area contributed by atoms with Gasteiger partial charge in [-0.25, -0.2) is 0 Å². The Bertz CT molecular complexity index is 2340. The Morgan fingerprint density at radius 3 is 1.38 bits per heavy atom. The highest BCUT2D eigenvalue weighted by Gasteiger charge is 2.19. The van der Waals surface area contributed by atoms with Gasteiger partial charge in [0.2, 0.25) is 0 Å². The van der Waals surface area contributed by atoms with Crippen molar-refractivity contribution in [3.05, 3.63) is 203 Å². The second-order valence-corrected chi connectivity index (χ2v) is 15.0. The summed E-state index contributed by atoms with van der Waals surface area (Å²) in [4.78, 5) is 2.25. The van der Waals surface area contributed by atoms with Gasteiger partial charge in [0.05, 0.1) is 0 Å². The van der Waals surface area contributed by atoms with Crippen LogP contribution >= 0.6 is 0 Å². The fraction of sp³-hybridized carbons (Fsp3) is 0.154. The zero-order valence-corrected chi connectivity index (χ0v) is 31.3. The summed E-state index contributed by atoms with van der Waals surface area (Å²) in [7, 11) is 2.14. The van der Waals surface area contributed by atoms with Crippen molar-refractivity contribution in [1.29, 1.82) is 0 Å². The molecule has 53 heavy (non-hydrogen) atoms. The molecular weight excluding hydrogens is 639 g/mol. The molecule has 0 aliphatic heterocycles. The van der Waals surface area contributed by atoms with E-state index in [9.17, 15) is 0 Å². The third kappa shape index (κ3) is 7.52. The van der Waals surface area contributed by atoms with Crippen LogP contribution in [0.2, 0.25) is 0 Å². The average Bonchev–Trinajstić information content (AvgIpc) is 3.19. The minimum absolute atomic E-state index is 0.342. The molecule has 0 fully saturated rings. The van der Waals surface area contributed by atoms with Crippen LogP contribution in [0.25, 0.3) is 45.5 Å². The largest absolute Gasteiger partial charge is 0.345 e. The molecule has 0 amide bonds. The van der Waals surface area contributed by atoms with Crippen molar-refractivity contribution in [2.75, 3.05) is 11.9 Å². The first-order valence-corrected chi connectivity index (χ1v) is 19.0. The minimum atomic E-state index is 0.342. The molecule has 0 radical (unpaired) electrons. The summed E-state index contributed by atoms with van der Waals surface area (Å²) in [6.45, 7) is 6.77. The molecule has 0 aromatic heterocycles. The molecule has 1 nitrogen and oxygen atoms in total. The van der Waals surface area contributed by atoms with E-state index >= 15 is 0 Å². The lowest BCUT2D eigenvalue weighted by Crippen LogP contribution is -2.09. The van der Waals surface area contributed by atoms with E-state index in [-0.39, 0.29) is 0 Å². The van der Waals surface area contributed by atoms with Gasteiger partial charge < -0.3 is 4.90 Å². The van der Waals surface area contributed by atoms with E-state index in [4.69, 9.17) is 0 Å². The first-order chi connectivity index (χ1) is 25.9. The minimum Gasteiger partial charge on any atom is -0.345 e. The van der Waals surface area contributed by atoms with Crippen LogP contribution < -0.4 is 4.90 Å². The van der Waals surface area contributed by atoms with E-state index in [0.717, 1.165) is 11.4 Å². The van der Waals surface area contributed by atoms with Crippen LogP contribution in [0.15, 0.2) is 164 Å². The van der Waals surface area contributed by atoms with Crippen LogP contribution in [0.4, 0.5) is 11.4 Å². The van der Waals surface area contributed by atoms with Gasteiger partial charge in [0.1, 0.15) is 0 Å². The molecule has 0 saturated heterocycles. The highest BCUT2D eigenvalue weighted by molar-refractivity contribution is 5.76. The fourth-order valence-electron chi connectivity index (χ4n) is 7.71. The van der Waals surface area contributed by atoms with Crippen molar-refractivity contribution in [2.45, 2.75) is 39.5 Å². The summed E-state index contributed by atoms with van der Waals surface area (Å²) >= 11 is 0. The fourth-order valence-corrected chi connectivity index (χ4v) is 7.71. The third-order valence-corrected chi connectivity index (χ3v) is 11.0. The SMILES string of the molecule is Cc1ccc(-c2ccc(C(c3ccc(-c4ccc(N(C)c5ccc(-c6cccc(/C=C/c7ccc8c(c7)CC8)c6)cc5)cc4)cc3)C(C)C)cc2)cc1. The molecule has 1 unspecified atom stereocenters. The van der Waals surface area contributed by atoms with E-state index in [2.05, 4.69) is 209 Å². The Morgan fingerprint density at radius 1 is 0.453 bits per heavy atom. The number of nitrogens with zero attached hydrogens (tertiary/aromatic N) is 1. The summed E-state index contributed by atoms with van der Waals surface area (Å²) in [6, 6.07) is 60.5. The van der Waals surface area contributed by atoms with Crippen molar-refractivity contribution in [1.82, 2.24) is 0 Å². The summed E-state index contributed by atoms with van der Waals surface area (Å²) in [5.41, 5.74) is 19.3. The van der Waals surface area contributed by atoms with Crippen LogP contribution in [0.3, 0.4) is 0 Å². The highest BCUT2D eigenvalue weighted by Crippen LogP contribution is 2.35. The number of benzene rings is 7.